The molecule has 1 aromatic rings. The van der Waals surface area contributed by atoms with Gasteiger partial charge in [0, 0.05) is 31.9 Å². The third-order valence-electron chi connectivity index (χ3n) is 4.42. The molecule has 0 unspecified atom stereocenters. The lowest BCUT2D eigenvalue weighted by Crippen LogP contribution is -2.44. The number of piperidine rings is 1. The van der Waals surface area contributed by atoms with E-state index in [1.165, 1.54) is 19.3 Å². The van der Waals surface area contributed by atoms with Crippen molar-refractivity contribution in [1.29, 1.82) is 0 Å². The number of aromatic nitrogens is 2. The molecule has 2 atom stereocenters. The Morgan fingerprint density at radius 2 is 2.25 bits per heavy atom. The van der Waals surface area contributed by atoms with Crippen LogP contribution in [0, 0.1) is 5.92 Å². The molecule has 5 heteroatoms. The molecule has 20 heavy (non-hydrogen) atoms. The Bertz CT molecular complexity index is 464. The van der Waals surface area contributed by atoms with Gasteiger partial charge in [0.25, 0.3) is 5.91 Å². The smallest absolute Gasteiger partial charge is 0.274 e. The first-order valence-electron chi connectivity index (χ1n) is 7.59. The molecule has 3 saturated heterocycles. The molecule has 2 bridgehead atoms. The summed E-state index contributed by atoms with van der Waals surface area (Å²) < 4.78 is 0. The molecule has 1 aromatic heterocycles. The van der Waals surface area contributed by atoms with Crippen LogP contribution in [0.15, 0.2) is 18.3 Å². The van der Waals surface area contributed by atoms with Crippen molar-refractivity contribution in [3.05, 3.63) is 24.0 Å². The quantitative estimate of drug-likeness (QED) is 0.836. The summed E-state index contributed by atoms with van der Waals surface area (Å²) in [6, 6.07) is 4.05. The zero-order chi connectivity index (χ0) is 13.9. The average Bonchev–Trinajstić information content (AvgIpc) is 2.79. The first-order chi connectivity index (χ1) is 9.78. The van der Waals surface area contributed by atoms with Gasteiger partial charge in [-0.15, -0.1) is 5.10 Å². The number of rotatable bonds is 3. The SMILES string of the molecule is CCCN1C[C@H]2CC[C@@H]1CN(C(=O)c1cccnn1)C2. The zero-order valence-electron chi connectivity index (χ0n) is 12.0. The van der Waals surface area contributed by atoms with Gasteiger partial charge in [-0.1, -0.05) is 6.92 Å². The fraction of sp³-hybridized carbons (Fsp3) is 0.667. The van der Waals surface area contributed by atoms with E-state index in [1.807, 2.05) is 4.90 Å². The molecular weight excluding hydrogens is 252 g/mol. The zero-order valence-corrected chi connectivity index (χ0v) is 12.0. The Balaban J connectivity index is 1.75. The summed E-state index contributed by atoms with van der Waals surface area (Å²) in [7, 11) is 0. The fourth-order valence-corrected chi connectivity index (χ4v) is 3.48. The van der Waals surface area contributed by atoms with Gasteiger partial charge in [-0.25, -0.2) is 0 Å². The highest BCUT2D eigenvalue weighted by Crippen LogP contribution is 2.28. The lowest BCUT2D eigenvalue weighted by molar-refractivity contribution is 0.0731. The van der Waals surface area contributed by atoms with Crippen molar-refractivity contribution >= 4 is 5.91 Å². The Morgan fingerprint density at radius 3 is 3.00 bits per heavy atom. The van der Waals surface area contributed by atoms with Gasteiger partial charge in [-0.3, -0.25) is 9.69 Å². The number of hydrogen-bond acceptors (Lipinski definition) is 4. The number of amides is 1. The van der Waals surface area contributed by atoms with Crippen molar-refractivity contribution in [2.24, 2.45) is 5.92 Å². The second kappa shape index (κ2) is 5.87. The van der Waals surface area contributed by atoms with E-state index < -0.39 is 0 Å². The lowest BCUT2D eigenvalue weighted by atomic mass is 9.95. The van der Waals surface area contributed by atoms with Gasteiger partial charge in [-0.05, 0) is 43.9 Å². The summed E-state index contributed by atoms with van der Waals surface area (Å²) in [5, 5.41) is 7.77. The molecule has 0 spiro atoms. The molecule has 0 aromatic carbocycles. The summed E-state index contributed by atoms with van der Waals surface area (Å²) in [5.74, 6) is 0.647. The Kier molecular flexibility index (Phi) is 3.96. The van der Waals surface area contributed by atoms with E-state index in [-0.39, 0.29) is 5.91 Å². The third kappa shape index (κ3) is 2.68. The Morgan fingerprint density at radius 1 is 1.35 bits per heavy atom. The third-order valence-corrected chi connectivity index (χ3v) is 4.42. The molecule has 4 heterocycles. The fourth-order valence-electron chi connectivity index (χ4n) is 3.48. The first-order valence-corrected chi connectivity index (χ1v) is 7.59. The number of nitrogens with zero attached hydrogens (tertiary/aromatic N) is 4. The summed E-state index contributed by atoms with van der Waals surface area (Å²) in [4.78, 5) is 17.1. The number of hydrogen-bond donors (Lipinski definition) is 0. The number of carbonyl (C=O) groups excluding carboxylic acids is 1. The average molecular weight is 274 g/mol. The van der Waals surface area contributed by atoms with Gasteiger partial charge in [0.2, 0.25) is 0 Å². The predicted octanol–water partition coefficient (Wildman–Crippen LogP) is 1.42. The summed E-state index contributed by atoms with van der Waals surface area (Å²) in [6.07, 6.45) is 5.25. The molecule has 0 aliphatic carbocycles. The molecule has 5 nitrogen and oxygen atoms in total. The van der Waals surface area contributed by atoms with Gasteiger partial charge in [-0.2, -0.15) is 5.10 Å². The number of fused-ring (bicyclic) bond motifs is 4. The van der Waals surface area contributed by atoms with Crippen molar-refractivity contribution in [2.45, 2.75) is 32.2 Å². The van der Waals surface area contributed by atoms with Crippen molar-refractivity contribution in [2.75, 3.05) is 26.2 Å². The van der Waals surface area contributed by atoms with Crippen LogP contribution < -0.4 is 0 Å². The van der Waals surface area contributed by atoms with Crippen molar-refractivity contribution < 1.29 is 4.79 Å². The van der Waals surface area contributed by atoms with Crippen LogP contribution in [0.4, 0.5) is 0 Å². The van der Waals surface area contributed by atoms with Crippen LogP contribution in [0.2, 0.25) is 0 Å². The molecule has 0 saturated carbocycles. The minimum absolute atomic E-state index is 0.0355. The molecule has 108 valence electrons. The highest BCUT2D eigenvalue weighted by Gasteiger charge is 2.36. The van der Waals surface area contributed by atoms with Crippen molar-refractivity contribution in [3.63, 3.8) is 0 Å². The van der Waals surface area contributed by atoms with E-state index in [4.69, 9.17) is 0 Å². The Labute approximate surface area is 120 Å². The maximum atomic E-state index is 12.5. The van der Waals surface area contributed by atoms with Crippen molar-refractivity contribution in [3.8, 4) is 0 Å². The molecule has 3 aliphatic heterocycles. The largest absolute Gasteiger partial charge is 0.335 e. The predicted molar refractivity (Wildman–Crippen MR) is 76.3 cm³/mol. The topological polar surface area (TPSA) is 49.3 Å². The molecule has 1 amide bonds. The van der Waals surface area contributed by atoms with E-state index in [1.54, 1.807) is 18.3 Å². The minimum atomic E-state index is 0.0355. The highest BCUT2D eigenvalue weighted by molar-refractivity contribution is 5.92. The highest BCUT2D eigenvalue weighted by atomic mass is 16.2. The second-order valence-corrected chi connectivity index (χ2v) is 5.91. The Hall–Kier alpha value is -1.49. The first kappa shape index (κ1) is 13.5. The summed E-state index contributed by atoms with van der Waals surface area (Å²) >= 11 is 0. The summed E-state index contributed by atoms with van der Waals surface area (Å²) in [6.45, 7) is 6.22. The van der Waals surface area contributed by atoms with Crippen LogP contribution in [0.5, 0.6) is 0 Å². The van der Waals surface area contributed by atoms with E-state index in [0.717, 1.165) is 26.2 Å². The normalized spacial score (nSPS) is 26.6. The molecule has 3 fully saturated rings. The molecule has 0 N–H and O–H groups in total. The van der Waals surface area contributed by atoms with E-state index in [2.05, 4.69) is 22.0 Å². The van der Waals surface area contributed by atoms with Gasteiger partial charge in [0.15, 0.2) is 5.69 Å². The van der Waals surface area contributed by atoms with Crippen LogP contribution in [-0.2, 0) is 0 Å². The van der Waals surface area contributed by atoms with Crippen molar-refractivity contribution in [1.82, 2.24) is 20.0 Å². The van der Waals surface area contributed by atoms with Gasteiger partial charge in [0.1, 0.15) is 0 Å². The standard InChI is InChI=1S/C15H22N4O/c1-2-8-18-9-12-5-6-13(18)11-19(10-12)15(20)14-4-3-7-16-17-14/h3-4,7,12-13H,2,5-6,8-11H2,1H3/t12-,13-/m1/s1. The van der Waals surface area contributed by atoms with Crippen LogP contribution in [0.25, 0.3) is 0 Å². The maximum absolute atomic E-state index is 12.5. The van der Waals surface area contributed by atoms with Crippen LogP contribution in [0.1, 0.15) is 36.7 Å². The molecular formula is C15H22N4O. The summed E-state index contributed by atoms with van der Waals surface area (Å²) in [5.41, 5.74) is 0.468. The molecule has 4 rings (SSSR count). The maximum Gasteiger partial charge on any atom is 0.274 e. The van der Waals surface area contributed by atoms with Gasteiger partial charge in [0.05, 0.1) is 0 Å². The van der Waals surface area contributed by atoms with Crippen LogP contribution >= 0.6 is 0 Å². The van der Waals surface area contributed by atoms with E-state index in [0.29, 0.717) is 17.7 Å². The van der Waals surface area contributed by atoms with Crippen LogP contribution in [-0.4, -0.2) is 58.1 Å². The minimum Gasteiger partial charge on any atom is -0.335 e. The van der Waals surface area contributed by atoms with Gasteiger partial charge >= 0.3 is 0 Å². The lowest BCUT2D eigenvalue weighted by Gasteiger charge is -2.35. The monoisotopic (exact) mass is 274 g/mol. The second-order valence-electron chi connectivity index (χ2n) is 5.91. The molecule has 3 aliphatic rings. The van der Waals surface area contributed by atoms with Gasteiger partial charge < -0.3 is 4.90 Å². The van der Waals surface area contributed by atoms with E-state index >= 15 is 0 Å². The number of carbonyl (C=O) groups is 1. The van der Waals surface area contributed by atoms with E-state index in [9.17, 15) is 4.79 Å². The molecule has 0 radical (unpaired) electrons. The van der Waals surface area contributed by atoms with Crippen LogP contribution in [0.3, 0.4) is 0 Å².